The maximum atomic E-state index is 11.4. The van der Waals surface area contributed by atoms with Gasteiger partial charge < -0.3 is 15.6 Å². The average molecular weight is 210 g/mol. The van der Waals surface area contributed by atoms with Crippen LogP contribution in [-0.2, 0) is 18.3 Å². The van der Waals surface area contributed by atoms with Crippen LogP contribution in [0.25, 0.3) is 0 Å². The lowest BCUT2D eigenvalue weighted by Gasteiger charge is -2.09. The molecule has 1 aromatic rings. The van der Waals surface area contributed by atoms with Crippen molar-refractivity contribution in [2.75, 3.05) is 13.1 Å². The minimum atomic E-state index is -0.119. The van der Waals surface area contributed by atoms with Crippen LogP contribution in [-0.4, -0.2) is 28.5 Å². The molecule has 0 spiro atoms. The van der Waals surface area contributed by atoms with Gasteiger partial charge in [-0.3, -0.25) is 4.79 Å². The molecule has 1 amide bonds. The number of aromatic nitrogens is 2. The third-order valence-electron chi connectivity index (χ3n) is 2.37. The lowest BCUT2D eigenvalue weighted by molar-refractivity contribution is -0.124. The van der Waals surface area contributed by atoms with Gasteiger partial charge in [0.15, 0.2) is 0 Å². The molecule has 0 aromatic carbocycles. The number of carbonyl (C=O) groups is 1. The van der Waals surface area contributed by atoms with Gasteiger partial charge in [0.25, 0.3) is 0 Å². The van der Waals surface area contributed by atoms with Crippen LogP contribution < -0.4 is 11.1 Å². The molecule has 1 unspecified atom stereocenters. The summed E-state index contributed by atoms with van der Waals surface area (Å²) in [4.78, 5) is 15.5. The molecule has 0 fully saturated rings. The number of nitrogens with zero attached hydrogens (tertiary/aromatic N) is 2. The molecule has 0 aliphatic rings. The zero-order valence-electron chi connectivity index (χ0n) is 9.23. The van der Waals surface area contributed by atoms with E-state index in [-0.39, 0.29) is 11.8 Å². The number of hydrogen-bond acceptors (Lipinski definition) is 3. The highest BCUT2D eigenvalue weighted by molar-refractivity contribution is 5.78. The first-order chi connectivity index (χ1) is 7.15. The Bertz CT molecular complexity index is 321. The van der Waals surface area contributed by atoms with Crippen LogP contribution in [0.4, 0.5) is 0 Å². The van der Waals surface area contributed by atoms with Gasteiger partial charge >= 0.3 is 0 Å². The third-order valence-corrected chi connectivity index (χ3v) is 2.37. The molecule has 0 aliphatic heterocycles. The lowest BCUT2D eigenvalue weighted by atomic mass is 10.2. The largest absolute Gasteiger partial charge is 0.355 e. The second-order valence-corrected chi connectivity index (χ2v) is 3.63. The number of imidazole rings is 1. The van der Waals surface area contributed by atoms with Crippen molar-refractivity contribution in [2.45, 2.75) is 13.3 Å². The standard InChI is InChI=1S/C10H18N4O/c1-8(7-11)10(15)13-4-3-9-12-5-6-14(9)2/h5-6,8H,3-4,7,11H2,1-2H3,(H,13,15). The molecule has 15 heavy (non-hydrogen) atoms. The Hall–Kier alpha value is -1.36. The molecule has 1 atom stereocenters. The Morgan fingerprint density at radius 3 is 3.00 bits per heavy atom. The first-order valence-electron chi connectivity index (χ1n) is 5.09. The molecule has 0 saturated heterocycles. The summed E-state index contributed by atoms with van der Waals surface area (Å²) in [6, 6.07) is 0. The topological polar surface area (TPSA) is 72.9 Å². The molecular weight excluding hydrogens is 192 g/mol. The fourth-order valence-electron chi connectivity index (χ4n) is 1.22. The van der Waals surface area contributed by atoms with E-state index >= 15 is 0 Å². The summed E-state index contributed by atoms with van der Waals surface area (Å²) in [7, 11) is 1.94. The van der Waals surface area contributed by atoms with Gasteiger partial charge in [0.05, 0.1) is 0 Å². The third kappa shape index (κ3) is 3.36. The van der Waals surface area contributed by atoms with E-state index in [2.05, 4.69) is 10.3 Å². The highest BCUT2D eigenvalue weighted by atomic mass is 16.1. The molecule has 3 N–H and O–H groups in total. The summed E-state index contributed by atoms with van der Waals surface area (Å²) in [6.45, 7) is 2.80. The molecule has 0 bridgehead atoms. The number of amides is 1. The molecule has 5 heteroatoms. The van der Waals surface area contributed by atoms with Crippen molar-refractivity contribution < 1.29 is 4.79 Å². The summed E-state index contributed by atoms with van der Waals surface area (Å²) in [5.41, 5.74) is 5.39. The van der Waals surface area contributed by atoms with Gasteiger partial charge in [-0.2, -0.15) is 0 Å². The normalized spacial score (nSPS) is 12.5. The van der Waals surface area contributed by atoms with E-state index in [1.165, 1.54) is 0 Å². The van der Waals surface area contributed by atoms with E-state index in [4.69, 9.17) is 5.73 Å². The molecule has 0 aliphatic carbocycles. The predicted octanol–water partition coefficient (Wildman–Crippen LogP) is -0.326. The van der Waals surface area contributed by atoms with Crippen molar-refractivity contribution in [3.8, 4) is 0 Å². The van der Waals surface area contributed by atoms with Gasteiger partial charge in [0.1, 0.15) is 5.82 Å². The van der Waals surface area contributed by atoms with Crippen LogP contribution in [0.3, 0.4) is 0 Å². The number of carbonyl (C=O) groups excluding carboxylic acids is 1. The molecule has 84 valence electrons. The van der Waals surface area contributed by atoms with E-state index in [1.54, 1.807) is 6.20 Å². The van der Waals surface area contributed by atoms with Crippen molar-refractivity contribution in [2.24, 2.45) is 18.7 Å². The van der Waals surface area contributed by atoms with Crippen molar-refractivity contribution in [3.05, 3.63) is 18.2 Å². The van der Waals surface area contributed by atoms with Crippen LogP contribution in [0.2, 0.25) is 0 Å². The highest BCUT2D eigenvalue weighted by Gasteiger charge is 2.09. The predicted molar refractivity (Wildman–Crippen MR) is 58.1 cm³/mol. The van der Waals surface area contributed by atoms with E-state index < -0.39 is 0 Å². The number of hydrogen-bond donors (Lipinski definition) is 2. The minimum absolute atomic E-state index is 0.00621. The van der Waals surface area contributed by atoms with Gasteiger partial charge in [-0.1, -0.05) is 6.92 Å². The maximum Gasteiger partial charge on any atom is 0.224 e. The average Bonchev–Trinajstić information content (AvgIpc) is 2.63. The van der Waals surface area contributed by atoms with Gasteiger partial charge in [-0.05, 0) is 0 Å². The molecular formula is C10H18N4O. The number of nitrogens with two attached hydrogens (primary N) is 1. The van der Waals surface area contributed by atoms with Gasteiger partial charge in [-0.15, -0.1) is 0 Å². The molecule has 1 rings (SSSR count). The Kier molecular flexibility index (Phi) is 4.30. The van der Waals surface area contributed by atoms with E-state index in [9.17, 15) is 4.79 Å². The Morgan fingerprint density at radius 1 is 1.73 bits per heavy atom. The van der Waals surface area contributed by atoms with Crippen LogP contribution in [0, 0.1) is 5.92 Å². The van der Waals surface area contributed by atoms with Crippen LogP contribution in [0.15, 0.2) is 12.4 Å². The lowest BCUT2D eigenvalue weighted by Crippen LogP contribution is -2.34. The van der Waals surface area contributed by atoms with E-state index in [0.717, 1.165) is 12.2 Å². The van der Waals surface area contributed by atoms with Crippen LogP contribution in [0.5, 0.6) is 0 Å². The number of nitrogens with one attached hydrogen (secondary N) is 1. The Morgan fingerprint density at radius 2 is 2.47 bits per heavy atom. The molecule has 1 aromatic heterocycles. The quantitative estimate of drug-likeness (QED) is 0.699. The number of aryl methyl sites for hydroxylation is 1. The highest BCUT2D eigenvalue weighted by Crippen LogP contribution is 1.95. The van der Waals surface area contributed by atoms with Crippen molar-refractivity contribution in [1.29, 1.82) is 0 Å². The van der Waals surface area contributed by atoms with Crippen molar-refractivity contribution in [1.82, 2.24) is 14.9 Å². The second-order valence-electron chi connectivity index (χ2n) is 3.63. The monoisotopic (exact) mass is 210 g/mol. The first-order valence-corrected chi connectivity index (χ1v) is 5.09. The molecule has 5 nitrogen and oxygen atoms in total. The summed E-state index contributed by atoms with van der Waals surface area (Å²) in [5, 5.41) is 2.83. The van der Waals surface area contributed by atoms with Gasteiger partial charge in [0.2, 0.25) is 5.91 Å². The summed E-state index contributed by atoms with van der Waals surface area (Å²) < 4.78 is 1.94. The Labute approximate surface area is 89.7 Å². The zero-order valence-corrected chi connectivity index (χ0v) is 9.23. The van der Waals surface area contributed by atoms with Gasteiger partial charge in [0, 0.05) is 44.9 Å². The second kappa shape index (κ2) is 5.50. The molecule has 1 heterocycles. The summed E-state index contributed by atoms with van der Waals surface area (Å²) >= 11 is 0. The fourth-order valence-corrected chi connectivity index (χ4v) is 1.22. The minimum Gasteiger partial charge on any atom is -0.355 e. The van der Waals surface area contributed by atoms with E-state index in [1.807, 2.05) is 24.7 Å². The summed E-state index contributed by atoms with van der Waals surface area (Å²) in [5.74, 6) is 0.855. The zero-order chi connectivity index (χ0) is 11.3. The Balaban J connectivity index is 2.28. The molecule has 0 radical (unpaired) electrons. The van der Waals surface area contributed by atoms with Crippen molar-refractivity contribution >= 4 is 5.91 Å². The smallest absolute Gasteiger partial charge is 0.224 e. The maximum absolute atomic E-state index is 11.4. The summed E-state index contributed by atoms with van der Waals surface area (Å²) in [6.07, 6.45) is 4.38. The van der Waals surface area contributed by atoms with Crippen LogP contribution in [0.1, 0.15) is 12.7 Å². The fraction of sp³-hybridized carbons (Fsp3) is 0.600. The van der Waals surface area contributed by atoms with Crippen molar-refractivity contribution in [3.63, 3.8) is 0 Å². The number of rotatable bonds is 5. The van der Waals surface area contributed by atoms with E-state index in [0.29, 0.717) is 13.1 Å². The van der Waals surface area contributed by atoms with Crippen LogP contribution >= 0.6 is 0 Å². The van der Waals surface area contributed by atoms with Gasteiger partial charge in [-0.25, -0.2) is 4.98 Å². The molecule has 0 saturated carbocycles. The first kappa shape index (κ1) is 11.7. The SMILES string of the molecule is CC(CN)C(=O)NCCc1nccn1C.